The van der Waals surface area contributed by atoms with Gasteiger partial charge in [-0.2, -0.15) is 0 Å². The molecule has 0 amide bonds. The molecule has 0 unspecified atom stereocenters. The van der Waals surface area contributed by atoms with Crippen LogP contribution in [0.4, 0.5) is 0 Å². The first kappa shape index (κ1) is 13.6. The zero-order valence-electron chi connectivity index (χ0n) is 12.9. The third-order valence-corrected chi connectivity index (χ3v) is 4.29. The van der Waals surface area contributed by atoms with E-state index in [1.165, 1.54) is 43.1 Å². The van der Waals surface area contributed by atoms with Crippen LogP contribution >= 0.6 is 0 Å². The maximum absolute atomic E-state index is 3.99. The minimum atomic E-state index is 1.20. The summed E-state index contributed by atoms with van der Waals surface area (Å²) in [6.45, 7) is 10.4. The fourth-order valence-corrected chi connectivity index (χ4v) is 3.38. The van der Waals surface area contributed by atoms with E-state index in [9.17, 15) is 0 Å². The van der Waals surface area contributed by atoms with Crippen LogP contribution in [-0.2, 0) is 0 Å². The summed E-state index contributed by atoms with van der Waals surface area (Å²) in [4.78, 5) is 0. The molecule has 0 N–H and O–H groups in total. The van der Waals surface area contributed by atoms with Gasteiger partial charge in [-0.25, -0.2) is 0 Å². The lowest BCUT2D eigenvalue weighted by Crippen LogP contribution is -2.16. The van der Waals surface area contributed by atoms with Crippen LogP contribution in [0.2, 0.25) is 0 Å². The van der Waals surface area contributed by atoms with E-state index in [1.807, 2.05) is 6.08 Å². The smallest absolute Gasteiger partial charge is 0.00300 e. The Kier molecular flexibility index (Phi) is 3.39. The molecule has 3 aromatic carbocycles. The fraction of sp³-hybridized carbons (Fsp3) is 0.143. The van der Waals surface area contributed by atoms with E-state index in [4.69, 9.17) is 0 Å². The fourth-order valence-electron chi connectivity index (χ4n) is 3.38. The van der Waals surface area contributed by atoms with E-state index in [0.29, 0.717) is 0 Å². The molecule has 3 rings (SSSR count). The van der Waals surface area contributed by atoms with Crippen molar-refractivity contribution < 1.29 is 0 Å². The Balaban J connectivity index is 2.86. The van der Waals surface area contributed by atoms with Gasteiger partial charge in [0.25, 0.3) is 0 Å². The van der Waals surface area contributed by atoms with Crippen molar-refractivity contribution >= 4 is 39.8 Å². The quantitative estimate of drug-likeness (QED) is 0.570. The van der Waals surface area contributed by atoms with Crippen LogP contribution in [0.3, 0.4) is 0 Å². The van der Waals surface area contributed by atoms with Crippen LogP contribution in [0, 0.1) is 6.92 Å². The molecule has 0 saturated carbocycles. The third kappa shape index (κ3) is 1.91. The minimum absolute atomic E-state index is 1.20. The molecule has 0 aliphatic carbocycles. The second-order valence-corrected chi connectivity index (χ2v) is 5.38. The van der Waals surface area contributed by atoms with Crippen molar-refractivity contribution in [2.75, 3.05) is 0 Å². The predicted octanol–water partition coefficient (Wildman–Crippen LogP) is 4.55. The predicted molar refractivity (Wildman–Crippen MR) is 95.8 cm³/mol. The first-order valence-corrected chi connectivity index (χ1v) is 7.42. The lowest BCUT2D eigenvalue weighted by atomic mass is 9.92. The largest absolute Gasteiger partial charge is 0.0984 e. The number of rotatable bonds is 1. The van der Waals surface area contributed by atoms with E-state index in [2.05, 4.69) is 75.9 Å². The summed E-state index contributed by atoms with van der Waals surface area (Å²) in [6, 6.07) is 13.0. The van der Waals surface area contributed by atoms with E-state index >= 15 is 0 Å². The lowest BCUT2D eigenvalue weighted by molar-refractivity contribution is 1.51. The second kappa shape index (κ2) is 5.21. The molecule has 21 heavy (non-hydrogen) atoms. The molecule has 0 aliphatic heterocycles. The SMILES string of the molecule is C=Cc1cccc2/c(=C/C)c3c(C)cccc3/c(=C/C)c12. The Hall–Kier alpha value is -2.34. The minimum Gasteiger partial charge on any atom is -0.0984 e. The van der Waals surface area contributed by atoms with Gasteiger partial charge in [-0.05, 0) is 63.9 Å². The molecule has 0 radical (unpaired) electrons. The molecule has 0 spiro atoms. The van der Waals surface area contributed by atoms with Crippen molar-refractivity contribution in [1.29, 1.82) is 0 Å². The number of benzene rings is 3. The van der Waals surface area contributed by atoms with Crippen LogP contribution in [-0.4, -0.2) is 0 Å². The van der Waals surface area contributed by atoms with E-state index in [-0.39, 0.29) is 0 Å². The molecule has 0 fully saturated rings. The van der Waals surface area contributed by atoms with Crippen LogP contribution in [0.15, 0.2) is 43.0 Å². The van der Waals surface area contributed by atoms with Gasteiger partial charge in [-0.1, -0.05) is 61.2 Å². The highest BCUT2D eigenvalue weighted by Gasteiger charge is 2.08. The maximum atomic E-state index is 3.99. The molecule has 0 bridgehead atoms. The molecule has 0 nitrogen and oxygen atoms in total. The molecular weight excluding hydrogens is 252 g/mol. The summed E-state index contributed by atoms with van der Waals surface area (Å²) in [5.41, 5.74) is 2.53. The summed E-state index contributed by atoms with van der Waals surface area (Å²) in [5, 5.41) is 7.94. The molecule has 0 heterocycles. The molecule has 0 aromatic heterocycles. The van der Waals surface area contributed by atoms with Gasteiger partial charge in [0, 0.05) is 0 Å². The standard InChI is InChI=1S/C21H20/c1-5-15-11-9-13-19-16(6-2)20-14(4)10-8-12-18(20)17(7-3)21(15)19/h5-13H,1H2,2-4H3/b16-6-,17-7-. The summed E-state index contributed by atoms with van der Waals surface area (Å²) >= 11 is 0. The van der Waals surface area contributed by atoms with Gasteiger partial charge in [0.1, 0.15) is 0 Å². The van der Waals surface area contributed by atoms with Crippen molar-refractivity contribution in [3.05, 3.63) is 64.5 Å². The van der Waals surface area contributed by atoms with E-state index in [1.54, 1.807) is 0 Å². The zero-order chi connectivity index (χ0) is 15.0. The molecule has 104 valence electrons. The van der Waals surface area contributed by atoms with Crippen LogP contribution in [0.25, 0.3) is 39.8 Å². The van der Waals surface area contributed by atoms with Gasteiger partial charge in [-0.3, -0.25) is 0 Å². The van der Waals surface area contributed by atoms with Crippen LogP contribution in [0.1, 0.15) is 25.0 Å². The molecule has 0 saturated heterocycles. The molecule has 0 aliphatic rings. The van der Waals surface area contributed by atoms with Crippen molar-refractivity contribution in [3.63, 3.8) is 0 Å². The maximum Gasteiger partial charge on any atom is -0.00300 e. The Morgan fingerprint density at radius 1 is 0.810 bits per heavy atom. The van der Waals surface area contributed by atoms with Gasteiger partial charge >= 0.3 is 0 Å². The van der Waals surface area contributed by atoms with Crippen LogP contribution < -0.4 is 10.4 Å². The third-order valence-electron chi connectivity index (χ3n) is 4.29. The van der Waals surface area contributed by atoms with Crippen molar-refractivity contribution in [3.8, 4) is 0 Å². The topological polar surface area (TPSA) is 0 Å². The van der Waals surface area contributed by atoms with Gasteiger partial charge < -0.3 is 0 Å². The zero-order valence-corrected chi connectivity index (χ0v) is 12.9. The average Bonchev–Trinajstić information content (AvgIpc) is 2.52. The second-order valence-electron chi connectivity index (χ2n) is 5.38. The Bertz CT molecular complexity index is 972. The molecule has 0 atom stereocenters. The number of hydrogen-bond donors (Lipinski definition) is 0. The van der Waals surface area contributed by atoms with Crippen molar-refractivity contribution in [2.24, 2.45) is 0 Å². The highest BCUT2D eigenvalue weighted by Crippen LogP contribution is 2.20. The highest BCUT2D eigenvalue weighted by molar-refractivity contribution is 6.04. The monoisotopic (exact) mass is 272 g/mol. The van der Waals surface area contributed by atoms with Crippen molar-refractivity contribution in [2.45, 2.75) is 20.8 Å². The summed E-state index contributed by atoms with van der Waals surface area (Å²) < 4.78 is 0. The number of fused-ring (bicyclic) bond motifs is 2. The van der Waals surface area contributed by atoms with E-state index in [0.717, 1.165) is 0 Å². The lowest BCUT2D eigenvalue weighted by Gasteiger charge is -2.11. The molecular formula is C21H20. The Labute approximate surface area is 125 Å². The first-order chi connectivity index (χ1) is 10.2. The van der Waals surface area contributed by atoms with Gasteiger partial charge in [0.15, 0.2) is 0 Å². The first-order valence-electron chi connectivity index (χ1n) is 7.42. The van der Waals surface area contributed by atoms with E-state index < -0.39 is 0 Å². The van der Waals surface area contributed by atoms with Crippen LogP contribution in [0.5, 0.6) is 0 Å². The van der Waals surface area contributed by atoms with Gasteiger partial charge in [0.2, 0.25) is 0 Å². The summed E-state index contributed by atoms with van der Waals surface area (Å²) in [6.07, 6.45) is 6.40. The summed E-state index contributed by atoms with van der Waals surface area (Å²) in [5.74, 6) is 0. The summed E-state index contributed by atoms with van der Waals surface area (Å²) in [7, 11) is 0. The number of hydrogen-bond acceptors (Lipinski definition) is 0. The molecule has 0 heteroatoms. The Morgan fingerprint density at radius 3 is 2.00 bits per heavy atom. The Morgan fingerprint density at radius 2 is 1.38 bits per heavy atom. The highest BCUT2D eigenvalue weighted by atomic mass is 14.1. The normalized spacial score (nSPS) is 13.3. The van der Waals surface area contributed by atoms with Gasteiger partial charge in [-0.15, -0.1) is 0 Å². The van der Waals surface area contributed by atoms with Gasteiger partial charge in [0.05, 0.1) is 0 Å². The number of aryl methyl sites for hydroxylation is 1. The average molecular weight is 272 g/mol. The molecule has 3 aromatic rings. The van der Waals surface area contributed by atoms with Crippen molar-refractivity contribution in [1.82, 2.24) is 0 Å².